The van der Waals surface area contributed by atoms with Gasteiger partial charge in [-0.25, -0.2) is 9.78 Å². The first-order chi connectivity index (χ1) is 9.63. The summed E-state index contributed by atoms with van der Waals surface area (Å²) in [5.41, 5.74) is 6.43. The summed E-state index contributed by atoms with van der Waals surface area (Å²) in [6.45, 7) is 4.82. The molecule has 1 aliphatic carbocycles. The van der Waals surface area contributed by atoms with Crippen molar-refractivity contribution >= 4 is 17.5 Å². The molecule has 0 unspecified atom stereocenters. The fourth-order valence-corrected chi connectivity index (χ4v) is 2.19. The van der Waals surface area contributed by atoms with Gasteiger partial charge in [0.1, 0.15) is 5.82 Å². The van der Waals surface area contributed by atoms with Gasteiger partial charge in [-0.1, -0.05) is 0 Å². The van der Waals surface area contributed by atoms with Crippen LogP contribution in [0.4, 0.5) is 11.5 Å². The molecule has 0 atom stereocenters. The quantitative estimate of drug-likeness (QED) is 0.772. The van der Waals surface area contributed by atoms with Crippen LogP contribution in [0.1, 0.15) is 37.0 Å². The maximum absolute atomic E-state index is 11.7. The number of hydrogen-bond acceptors (Lipinski definition) is 6. The fourth-order valence-electron chi connectivity index (χ4n) is 2.19. The Balaban J connectivity index is 1.96. The summed E-state index contributed by atoms with van der Waals surface area (Å²) in [6.07, 6.45) is 3.71. The van der Waals surface area contributed by atoms with Crippen LogP contribution in [0.2, 0.25) is 0 Å². The Hall–Kier alpha value is -1.82. The van der Waals surface area contributed by atoms with Gasteiger partial charge >= 0.3 is 5.97 Å². The lowest BCUT2D eigenvalue weighted by Gasteiger charge is -2.35. The number of aromatic nitrogens is 1. The van der Waals surface area contributed by atoms with Crippen molar-refractivity contribution < 1.29 is 14.3 Å². The minimum absolute atomic E-state index is 0.321. The van der Waals surface area contributed by atoms with E-state index in [2.05, 4.69) is 10.3 Å². The summed E-state index contributed by atoms with van der Waals surface area (Å²) < 4.78 is 10.5. The lowest BCUT2D eigenvalue weighted by Crippen LogP contribution is -2.41. The highest BCUT2D eigenvalue weighted by Gasteiger charge is 2.29. The van der Waals surface area contributed by atoms with Crippen molar-refractivity contribution in [2.75, 3.05) is 24.3 Å². The Morgan fingerprint density at radius 3 is 2.85 bits per heavy atom. The number of nitrogens with zero attached hydrogens (tertiary/aromatic N) is 1. The van der Waals surface area contributed by atoms with Crippen molar-refractivity contribution in [3.05, 3.63) is 17.8 Å². The summed E-state index contributed by atoms with van der Waals surface area (Å²) >= 11 is 0. The predicted octanol–water partition coefficient (Wildman–Crippen LogP) is 1.82. The van der Waals surface area contributed by atoms with Crippen LogP contribution in [0.5, 0.6) is 0 Å². The third kappa shape index (κ3) is 3.39. The van der Waals surface area contributed by atoms with Gasteiger partial charge in [-0.2, -0.15) is 0 Å². The third-order valence-corrected chi connectivity index (χ3v) is 3.28. The molecule has 6 nitrogen and oxygen atoms in total. The van der Waals surface area contributed by atoms with E-state index < -0.39 is 5.97 Å². The predicted molar refractivity (Wildman–Crippen MR) is 76.7 cm³/mol. The van der Waals surface area contributed by atoms with Crippen LogP contribution in [0.25, 0.3) is 0 Å². The molecule has 0 amide bonds. The van der Waals surface area contributed by atoms with Gasteiger partial charge in [0.15, 0.2) is 0 Å². The summed E-state index contributed by atoms with van der Waals surface area (Å²) in [5.74, 6) is 0.221. The van der Waals surface area contributed by atoms with Gasteiger partial charge in [-0.15, -0.1) is 0 Å². The minimum Gasteiger partial charge on any atom is -0.462 e. The molecular formula is C14H21N3O3. The van der Waals surface area contributed by atoms with Crippen molar-refractivity contribution in [2.45, 2.75) is 38.8 Å². The second kappa shape index (κ2) is 6.56. The van der Waals surface area contributed by atoms with E-state index in [1.807, 2.05) is 6.92 Å². The Kier molecular flexibility index (Phi) is 4.79. The zero-order chi connectivity index (χ0) is 14.5. The molecule has 1 aliphatic rings. The van der Waals surface area contributed by atoms with Gasteiger partial charge in [-0.05, 0) is 32.8 Å². The molecule has 0 saturated heterocycles. The highest BCUT2D eigenvalue weighted by molar-refractivity contribution is 5.95. The average molecular weight is 279 g/mol. The number of pyridine rings is 1. The van der Waals surface area contributed by atoms with E-state index in [9.17, 15) is 4.79 Å². The molecule has 0 aliphatic heterocycles. The zero-order valence-electron chi connectivity index (χ0n) is 11.9. The Labute approximate surface area is 118 Å². The van der Waals surface area contributed by atoms with Gasteiger partial charge in [-0.3, -0.25) is 0 Å². The summed E-state index contributed by atoms with van der Waals surface area (Å²) in [6, 6.07) is 1.97. The summed E-state index contributed by atoms with van der Waals surface area (Å²) in [7, 11) is 0. The number of nitrogens with one attached hydrogen (secondary N) is 1. The van der Waals surface area contributed by atoms with Gasteiger partial charge in [0, 0.05) is 12.6 Å². The molecule has 20 heavy (non-hydrogen) atoms. The summed E-state index contributed by atoms with van der Waals surface area (Å²) in [4.78, 5) is 15.9. The minimum atomic E-state index is -0.420. The average Bonchev–Trinajstić information content (AvgIpc) is 2.38. The summed E-state index contributed by atoms with van der Waals surface area (Å²) in [5, 5.41) is 3.28. The molecule has 1 aromatic rings. The van der Waals surface area contributed by atoms with E-state index in [1.54, 1.807) is 13.0 Å². The van der Waals surface area contributed by atoms with E-state index in [-0.39, 0.29) is 0 Å². The number of carbonyl (C=O) groups is 1. The number of rotatable bonds is 6. The highest BCUT2D eigenvalue weighted by Crippen LogP contribution is 2.27. The van der Waals surface area contributed by atoms with Crippen LogP contribution in [-0.4, -0.2) is 36.3 Å². The standard InChI is InChI=1S/C14H21N3O3/c1-3-19-10-5-9(6-10)17-13-7-11(12(15)8-16-13)14(18)20-4-2/h7-10H,3-6,15H2,1-2H3,(H,16,17). The van der Waals surface area contributed by atoms with Crippen LogP contribution in [0.15, 0.2) is 12.3 Å². The van der Waals surface area contributed by atoms with E-state index >= 15 is 0 Å². The fraction of sp³-hybridized carbons (Fsp3) is 0.571. The molecule has 2 rings (SSSR count). The van der Waals surface area contributed by atoms with Crippen LogP contribution in [-0.2, 0) is 9.47 Å². The molecule has 0 aromatic carbocycles. The number of carbonyl (C=O) groups excluding carboxylic acids is 1. The number of nitrogens with two attached hydrogens (primary N) is 1. The monoisotopic (exact) mass is 279 g/mol. The van der Waals surface area contributed by atoms with Gasteiger partial charge in [0.2, 0.25) is 0 Å². The second-order valence-electron chi connectivity index (χ2n) is 4.77. The maximum Gasteiger partial charge on any atom is 0.340 e. The smallest absolute Gasteiger partial charge is 0.340 e. The molecule has 6 heteroatoms. The van der Waals surface area contributed by atoms with E-state index in [1.165, 1.54) is 6.20 Å². The Morgan fingerprint density at radius 2 is 2.20 bits per heavy atom. The number of anilines is 2. The van der Waals surface area contributed by atoms with Crippen molar-refractivity contribution in [1.29, 1.82) is 0 Å². The van der Waals surface area contributed by atoms with E-state index in [0.717, 1.165) is 19.4 Å². The number of esters is 1. The van der Waals surface area contributed by atoms with Crippen LogP contribution in [0, 0.1) is 0 Å². The maximum atomic E-state index is 11.7. The molecule has 1 aromatic heterocycles. The molecule has 1 saturated carbocycles. The molecule has 0 spiro atoms. The first-order valence-electron chi connectivity index (χ1n) is 6.94. The molecular weight excluding hydrogens is 258 g/mol. The normalized spacial score (nSPS) is 21.1. The number of nitrogen functional groups attached to an aromatic ring is 1. The number of hydrogen-bond donors (Lipinski definition) is 2. The van der Waals surface area contributed by atoms with Crippen LogP contribution < -0.4 is 11.1 Å². The van der Waals surface area contributed by atoms with Crippen molar-refractivity contribution in [1.82, 2.24) is 4.98 Å². The first kappa shape index (κ1) is 14.6. The van der Waals surface area contributed by atoms with Gasteiger partial charge in [0.05, 0.1) is 30.2 Å². The molecule has 1 fully saturated rings. The van der Waals surface area contributed by atoms with Crippen molar-refractivity contribution in [3.63, 3.8) is 0 Å². The molecule has 0 bridgehead atoms. The van der Waals surface area contributed by atoms with Crippen LogP contribution in [0.3, 0.4) is 0 Å². The Bertz CT molecular complexity index is 473. The molecule has 1 heterocycles. The van der Waals surface area contributed by atoms with Crippen LogP contribution >= 0.6 is 0 Å². The third-order valence-electron chi connectivity index (χ3n) is 3.28. The van der Waals surface area contributed by atoms with Crippen molar-refractivity contribution in [3.8, 4) is 0 Å². The SMILES string of the molecule is CCOC(=O)c1cc(NC2CC(OCC)C2)ncc1N. The highest BCUT2D eigenvalue weighted by atomic mass is 16.5. The zero-order valence-corrected chi connectivity index (χ0v) is 11.9. The van der Waals surface area contributed by atoms with E-state index in [0.29, 0.717) is 35.8 Å². The topological polar surface area (TPSA) is 86.5 Å². The van der Waals surface area contributed by atoms with Crippen molar-refractivity contribution in [2.24, 2.45) is 0 Å². The molecule has 0 radical (unpaired) electrons. The van der Waals surface area contributed by atoms with Gasteiger partial charge in [0.25, 0.3) is 0 Å². The molecule has 3 N–H and O–H groups in total. The largest absolute Gasteiger partial charge is 0.462 e. The van der Waals surface area contributed by atoms with Gasteiger partial charge < -0.3 is 20.5 Å². The lowest BCUT2D eigenvalue weighted by atomic mass is 9.89. The first-order valence-corrected chi connectivity index (χ1v) is 6.94. The Morgan fingerprint density at radius 1 is 1.45 bits per heavy atom. The van der Waals surface area contributed by atoms with E-state index in [4.69, 9.17) is 15.2 Å². The molecule has 110 valence electrons. The second-order valence-corrected chi connectivity index (χ2v) is 4.77. The number of ether oxygens (including phenoxy) is 2. The lowest BCUT2D eigenvalue weighted by molar-refractivity contribution is 0.00291.